The molecule has 0 spiro atoms. The minimum atomic E-state index is -0.371. The third-order valence-corrected chi connectivity index (χ3v) is 7.52. The average Bonchev–Trinajstić information content (AvgIpc) is 2.96. The molecule has 0 saturated carbocycles. The van der Waals surface area contributed by atoms with Gasteiger partial charge in [0.25, 0.3) is 0 Å². The molecule has 8 heteroatoms. The van der Waals surface area contributed by atoms with Crippen LogP contribution in [0.5, 0.6) is 0 Å². The molecule has 2 saturated heterocycles. The topological polar surface area (TPSA) is 84.0 Å². The fourth-order valence-electron chi connectivity index (χ4n) is 5.46. The van der Waals surface area contributed by atoms with Crippen LogP contribution in [-0.4, -0.2) is 90.4 Å². The number of carbonyl (C=O) groups is 1. The molecule has 3 N–H and O–H groups in total. The highest BCUT2D eigenvalue weighted by Gasteiger charge is 2.24. The molecule has 2 aliphatic rings. The van der Waals surface area contributed by atoms with Gasteiger partial charge in [0.15, 0.2) is 0 Å². The summed E-state index contributed by atoms with van der Waals surface area (Å²) in [6.45, 7) is 6.95. The lowest BCUT2D eigenvalue weighted by molar-refractivity contribution is 0.0619. The molecule has 5 rings (SSSR count). The predicted octanol–water partition coefficient (Wildman–Crippen LogP) is 3.52. The molecule has 200 valence electrons. The van der Waals surface area contributed by atoms with Crippen LogP contribution in [0.2, 0.25) is 0 Å². The second-order valence-electron chi connectivity index (χ2n) is 10.2. The van der Waals surface area contributed by atoms with E-state index in [9.17, 15) is 9.90 Å². The number of hydrogen-bond donors (Lipinski definition) is 3. The molecule has 1 atom stereocenters. The van der Waals surface area contributed by atoms with E-state index in [-0.39, 0.29) is 18.2 Å². The van der Waals surface area contributed by atoms with Gasteiger partial charge >= 0.3 is 6.03 Å². The number of nitrogens with one attached hydrogen (secondary N) is 2. The summed E-state index contributed by atoms with van der Waals surface area (Å²) in [4.78, 5) is 23.9. The maximum atomic E-state index is 12.8. The summed E-state index contributed by atoms with van der Waals surface area (Å²) in [6, 6.07) is 22.0. The molecule has 1 unspecified atom stereocenters. The van der Waals surface area contributed by atoms with Gasteiger partial charge in [0.1, 0.15) is 0 Å². The zero-order valence-corrected chi connectivity index (χ0v) is 21.9. The summed E-state index contributed by atoms with van der Waals surface area (Å²) in [7, 11) is 0. The Kier molecular flexibility index (Phi) is 8.86. The molecule has 0 bridgehead atoms. The number of amides is 2. The molecule has 2 aliphatic heterocycles. The number of nitrogens with zero attached hydrogens (tertiary/aromatic N) is 4. The van der Waals surface area contributed by atoms with Crippen LogP contribution < -0.4 is 15.5 Å². The number of aliphatic hydroxyl groups excluding tert-OH is 1. The number of β-amino-alcohol motifs (C(OH)–C–C–N with tert-alkyl or cyclic N) is 1. The second kappa shape index (κ2) is 12.9. The van der Waals surface area contributed by atoms with Gasteiger partial charge in [-0.05, 0) is 36.6 Å². The maximum absolute atomic E-state index is 12.8. The largest absolute Gasteiger partial charge is 0.390 e. The zero-order chi connectivity index (χ0) is 26.2. The number of pyridine rings is 1. The van der Waals surface area contributed by atoms with Crippen LogP contribution in [0.4, 0.5) is 16.2 Å². The lowest BCUT2D eigenvalue weighted by atomic mass is 10.0. The van der Waals surface area contributed by atoms with E-state index in [1.165, 1.54) is 5.69 Å². The number of piperidine rings is 1. The van der Waals surface area contributed by atoms with E-state index in [0.29, 0.717) is 13.1 Å². The first-order valence-corrected chi connectivity index (χ1v) is 13.6. The van der Waals surface area contributed by atoms with E-state index >= 15 is 0 Å². The lowest BCUT2D eigenvalue weighted by Gasteiger charge is -2.38. The third-order valence-electron chi connectivity index (χ3n) is 7.52. The van der Waals surface area contributed by atoms with Crippen molar-refractivity contribution in [2.75, 3.05) is 62.6 Å². The number of aromatic nitrogens is 1. The highest BCUT2D eigenvalue weighted by atomic mass is 16.3. The molecule has 0 radical (unpaired) electrons. The Bertz CT molecular complexity index is 1150. The Labute approximate surface area is 225 Å². The van der Waals surface area contributed by atoms with Gasteiger partial charge in [-0.1, -0.05) is 48.5 Å². The van der Waals surface area contributed by atoms with Crippen LogP contribution >= 0.6 is 0 Å². The van der Waals surface area contributed by atoms with Gasteiger partial charge in [0.05, 0.1) is 11.8 Å². The number of likely N-dealkylation sites (tertiary alicyclic amines) is 1. The van der Waals surface area contributed by atoms with Crippen molar-refractivity contribution in [2.45, 2.75) is 25.0 Å². The van der Waals surface area contributed by atoms with Crippen LogP contribution in [0.15, 0.2) is 79.1 Å². The number of piperazine rings is 1. The SMILES string of the molecule is O=C(Nc1ccccc1-c1ccccc1)NC1CCN(CC(O)CN2CCN(c3ccncc3)CC2)CC1. The number of urea groups is 1. The minimum absolute atomic E-state index is 0.133. The Balaban J connectivity index is 1.02. The summed E-state index contributed by atoms with van der Waals surface area (Å²) in [5, 5.41) is 16.9. The molecule has 2 amide bonds. The first kappa shape index (κ1) is 26.2. The van der Waals surface area contributed by atoms with Crippen molar-refractivity contribution in [1.82, 2.24) is 20.1 Å². The van der Waals surface area contributed by atoms with Crippen LogP contribution in [-0.2, 0) is 0 Å². The van der Waals surface area contributed by atoms with Gasteiger partial charge in [-0.3, -0.25) is 9.88 Å². The summed E-state index contributed by atoms with van der Waals surface area (Å²) in [5.41, 5.74) is 4.10. The van der Waals surface area contributed by atoms with Crippen LogP contribution in [0, 0.1) is 0 Å². The Morgan fingerprint density at radius 3 is 2.18 bits per heavy atom. The quantitative estimate of drug-likeness (QED) is 0.427. The highest BCUT2D eigenvalue weighted by molar-refractivity contribution is 5.94. The minimum Gasteiger partial charge on any atom is -0.390 e. The Morgan fingerprint density at radius 1 is 0.842 bits per heavy atom. The molecule has 1 aromatic heterocycles. The number of rotatable bonds is 8. The van der Waals surface area contributed by atoms with E-state index in [1.54, 1.807) is 0 Å². The standard InChI is InChI=1S/C30H38N6O2/c37-27(23-35-18-20-36(21-19-35)26-10-14-31-15-11-26)22-34-16-12-25(13-17-34)32-30(38)33-29-9-5-4-8-28(29)24-6-2-1-3-7-24/h1-11,14-15,25,27,37H,12-13,16-23H2,(H2,32,33,38). The van der Waals surface area contributed by atoms with Gasteiger partial charge < -0.3 is 25.5 Å². The number of carbonyl (C=O) groups excluding carboxylic acids is 1. The molecular formula is C30H38N6O2. The monoisotopic (exact) mass is 514 g/mol. The molecule has 2 fully saturated rings. The van der Waals surface area contributed by atoms with Crippen molar-refractivity contribution in [3.8, 4) is 11.1 Å². The summed E-state index contributed by atoms with van der Waals surface area (Å²) in [6.07, 6.45) is 5.06. The van der Waals surface area contributed by atoms with E-state index < -0.39 is 0 Å². The van der Waals surface area contributed by atoms with E-state index in [1.807, 2.05) is 67.0 Å². The van der Waals surface area contributed by atoms with Crippen LogP contribution in [0.3, 0.4) is 0 Å². The van der Waals surface area contributed by atoms with Gasteiger partial charge in [0.2, 0.25) is 0 Å². The third kappa shape index (κ3) is 7.10. The molecule has 8 nitrogen and oxygen atoms in total. The number of hydrogen-bond acceptors (Lipinski definition) is 6. The molecule has 2 aromatic carbocycles. The summed E-state index contributed by atoms with van der Waals surface area (Å²) in [5.74, 6) is 0. The van der Waals surface area contributed by atoms with E-state index in [4.69, 9.17) is 0 Å². The van der Waals surface area contributed by atoms with Gasteiger partial charge in [-0.25, -0.2) is 4.79 Å². The van der Waals surface area contributed by atoms with Crippen molar-refractivity contribution < 1.29 is 9.90 Å². The molecule has 0 aliphatic carbocycles. The molecule has 3 aromatic rings. The second-order valence-corrected chi connectivity index (χ2v) is 10.2. The zero-order valence-electron chi connectivity index (χ0n) is 21.9. The van der Waals surface area contributed by atoms with Crippen molar-refractivity contribution in [3.63, 3.8) is 0 Å². The van der Waals surface area contributed by atoms with Gasteiger partial charge in [-0.2, -0.15) is 0 Å². The Morgan fingerprint density at radius 2 is 1.47 bits per heavy atom. The van der Waals surface area contributed by atoms with Crippen molar-refractivity contribution >= 4 is 17.4 Å². The van der Waals surface area contributed by atoms with Crippen molar-refractivity contribution in [1.29, 1.82) is 0 Å². The van der Waals surface area contributed by atoms with E-state index in [0.717, 1.165) is 68.9 Å². The maximum Gasteiger partial charge on any atom is 0.319 e. The normalized spacial score (nSPS) is 18.2. The van der Waals surface area contributed by atoms with Gasteiger partial charge in [-0.15, -0.1) is 0 Å². The first-order valence-electron chi connectivity index (χ1n) is 13.6. The molecule has 3 heterocycles. The highest BCUT2D eigenvalue weighted by Crippen LogP contribution is 2.27. The van der Waals surface area contributed by atoms with E-state index in [2.05, 4.69) is 42.5 Å². The fourth-order valence-corrected chi connectivity index (χ4v) is 5.46. The summed E-state index contributed by atoms with van der Waals surface area (Å²) >= 11 is 0. The smallest absolute Gasteiger partial charge is 0.319 e. The van der Waals surface area contributed by atoms with Gasteiger partial charge in [0, 0.05) is 82.0 Å². The Hall–Kier alpha value is -3.46. The predicted molar refractivity (Wildman–Crippen MR) is 152 cm³/mol. The molecule has 38 heavy (non-hydrogen) atoms. The fraction of sp³-hybridized carbons (Fsp3) is 0.400. The van der Waals surface area contributed by atoms with Crippen molar-refractivity contribution in [2.24, 2.45) is 0 Å². The first-order chi connectivity index (χ1) is 18.6. The lowest BCUT2D eigenvalue weighted by Crippen LogP contribution is -2.51. The number of para-hydroxylation sites is 1. The summed E-state index contributed by atoms with van der Waals surface area (Å²) < 4.78 is 0. The number of aliphatic hydroxyl groups is 1. The molecular weight excluding hydrogens is 476 g/mol. The van der Waals surface area contributed by atoms with Crippen LogP contribution in [0.25, 0.3) is 11.1 Å². The number of benzene rings is 2. The number of anilines is 2. The van der Waals surface area contributed by atoms with Crippen molar-refractivity contribution in [3.05, 3.63) is 79.1 Å². The van der Waals surface area contributed by atoms with Crippen LogP contribution in [0.1, 0.15) is 12.8 Å². The average molecular weight is 515 g/mol.